The maximum atomic E-state index is 13.2. The lowest BCUT2D eigenvalue weighted by molar-refractivity contribution is -0.115. The molecule has 2 N–H and O–H groups in total. The zero-order chi connectivity index (χ0) is 23.2. The van der Waals surface area contributed by atoms with Gasteiger partial charge in [-0.1, -0.05) is 53.5 Å². The third kappa shape index (κ3) is 5.99. The Kier molecular flexibility index (Phi) is 7.40. The van der Waals surface area contributed by atoms with Crippen LogP contribution >= 0.6 is 35.0 Å². The highest BCUT2D eigenvalue weighted by Gasteiger charge is 2.23. The lowest BCUT2D eigenvalue weighted by Gasteiger charge is -2.18. The van der Waals surface area contributed by atoms with E-state index < -0.39 is 5.25 Å². The van der Waals surface area contributed by atoms with Gasteiger partial charge in [-0.05, 0) is 60.2 Å². The predicted octanol–water partition coefficient (Wildman–Crippen LogP) is 7.31. The number of hydrogen-bond acceptors (Lipinski definition) is 4. The van der Waals surface area contributed by atoms with Gasteiger partial charge in [0.2, 0.25) is 5.91 Å². The van der Waals surface area contributed by atoms with E-state index in [1.54, 1.807) is 42.5 Å². The van der Waals surface area contributed by atoms with Gasteiger partial charge in [-0.2, -0.15) is 0 Å². The van der Waals surface area contributed by atoms with Crippen LogP contribution < -0.4 is 10.6 Å². The van der Waals surface area contributed by atoms with Crippen LogP contribution in [-0.2, 0) is 4.79 Å². The normalized spacial score (nSPS) is 11.6. The lowest BCUT2D eigenvalue weighted by atomic mass is 10.1. The maximum absolute atomic E-state index is 13.2. The van der Waals surface area contributed by atoms with Crippen molar-refractivity contribution in [3.8, 4) is 0 Å². The molecule has 8 heteroatoms. The number of amides is 2. The fourth-order valence-electron chi connectivity index (χ4n) is 3.04. The molecule has 3 aromatic carbocycles. The number of hydrogen-bond donors (Lipinski definition) is 2. The number of carbonyl (C=O) groups excluding carboxylic acids is 2. The Labute approximate surface area is 205 Å². The van der Waals surface area contributed by atoms with E-state index in [0.717, 1.165) is 10.5 Å². The highest BCUT2D eigenvalue weighted by Crippen LogP contribution is 2.37. The van der Waals surface area contributed by atoms with Crippen molar-refractivity contribution in [2.24, 2.45) is 0 Å². The number of rotatable bonds is 7. The smallest absolute Gasteiger partial charge is 0.291 e. The van der Waals surface area contributed by atoms with Gasteiger partial charge in [0, 0.05) is 15.6 Å². The first-order valence-electron chi connectivity index (χ1n) is 9.92. The molecule has 1 heterocycles. The lowest BCUT2D eigenvalue weighted by Crippen LogP contribution is -2.19. The Balaban J connectivity index is 1.51. The van der Waals surface area contributed by atoms with Crippen LogP contribution in [0.1, 0.15) is 21.4 Å². The highest BCUT2D eigenvalue weighted by molar-refractivity contribution is 8.00. The van der Waals surface area contributed by atoms with Crippen molar-refractivity contribution in [3.05, 3.63) is 113 Å². The van der Waals surface area contributed by atoms with Gasteiger partial charge in [-0.25, -0.2) is 0 Å². The number of benzene rings is 3. The van der Waals surface area contributed by atoms with Crippen LogP contribution in [0.15, 0.2) is 101 Å². The van der Waals surface area contributed by atoms with Crippen molar-refractivity contribution in [2.45, 2.75) is 10.1 Å². The van der Waals surface area contributed by atoms with Crippen LogP contribution in [0.2, 0.25) is 10.0 Å². The van der Waals surface area contributed by atoms with E-state index in [2.05, 4.69) is 10.6 Å². The molecule has 0 radical (unpaired) electrons. The van der Waals surface area contributed by atoms with E-state index >= 15 is 0 Å². The second-order valence-electron chi connectivity index (χ2n) is 6.98. The number of thioether (sulfide) groups is 1. The summed E-state index contributed by atoms with van der Waals surface area (Å²) in [7, 11) is 0. The van der Waals surface area contributed by atoms with E-state index in [1.165, 1.54) is 18.0 Å². The molecule has 4 rings (SSSR count). The molecule has 33 heavy (non-hydrogen) atoms. The van der Waals surface area contributed by atoms with Gasteiger partial charge in [-0.3, -0.25) is 9.59 Å². The molecule has 4 aromatic rings. The predicted molar refractivity (Wildman–Crippen MR) is 133 cm³/mol. The van der Waals surface area contributed by atoms with Crippen molar-refractivity contribution in [1.82, 2.24) is 0 Å². The van der Waals surface area contributed by atoms with Crippen LogP contribution in [-0.4, -0.2) is 11.8 Å². The number of furan rings is 1. The van der Waals surface area contributed by atoms with Gasteiger partial charge in [-0.15, -0.1) is 11.8 Å². The second-order valence-corrected chi connectivity index (χ2v) is 9.00. The molecule has 0 aliphatic carbocycles. The zero-order valence-corrected chi connectivity index (χ0v) is 19.5. The highest BCUT2D eigenvalue weighted by atomic mass is 35.5. The zero-order valence-electron chi connectivity index (χ0n) is 17.1. The molecule has 0 saturated heterocycles. The number of halogens is 2. The van der Waals surface area contributed by atoms with Crippen LogP contribution in [0.4, 0.5) is 11.4 Å². The SMILES string of the molecule is O=C(Nc1ccc(SC(C(=O)Nc2ccc(Cl)cc2Cl)c2ccccc2)cc1)c1ccco1. The Morgan fingerprint density at radius 3 is 2.27 bits per heavy atom. The first kappa shape index (κ1) is 23.0. The molecule has 0 aliphatic rings. The van der Waals surface area contributed by atoms with E-state index in [1.807, 2.05) is 42.5 Å². The molecule has 1 aromatic heterocycles. The number of nitrogens with one attached hydrogen (secondary N) is 2. The van der Waals surface area contributed by atoms with Crippen LogP contribution in [0.5, 0.6) is 0 Å². The number of carbonyl (C=O) groups is 2. The summed E-state index contributed by atoms with van der Waals surface area (Å²) in [5.74, 6) is -0.317. The van der Waals surface area contributed by atoms with Crippen molar-refractivity contribution in [2.75, 3.05) is 10.6 Å². The Hall–Kier alpha value is -3.19. The van der Waals surface area contributed by atoms with Crippen molar-refractivity contribution < 1.29 is 14.0 Å². The molecule has 0 aliphatic heterocycles. The summed E-state index contributed by atoms with van der Waals surface area (Å²) in [6, 6.07) is 24.9. The molecular weight excluding hydrogens is 479 g/mol. The summed E-state index contributed by atoms with van der Waals surface area (Å²) in [6.07, 6.45) is 1.45. The molecule has 0 bridgehead atoms. The van der Waals surface area contributed by atoms with Gasteiger partial charge < -0.3 is 15.1 Å². The minimum absolute atomic E-state index is 0.217. The topological polar surface area (TPSA) is 71.3 Å². The summed E-state index contributed by atoms with van der Waals surface area (Å²) in [6.45, 7) is 0. The van der Waals surface area contributed by atoms with Gasteiger partial charge in [0.25, 0.3) is 5.91 Å². The molecular formula is C25H18Cl2N2O3S. The quantitative estimate of drug-likeness (QED) is 0.263. The summed E-state index contributed by atoms with van der Waals surface area (Å²) in [5, 5.41) is 6.00. The van der Waals surface area contributed by atoms with Gasteiger partial charge in [0.05, 0.1) is 17.0 Å². The molecule has 0 fully saturated rings. The fourth-order valence-corrected chi connectivity index (χ4v) is 4.52. The van der Waals surface area contributed by atoms with Crippen molar-refractivity contribution >= 4 is 58.2 Å². The third-order valence-corrected chi connectivity index (χ3v) is 6.45. The number of anilines is 2. The molecule has 0 spiro atoms. The Bertz CT molecular complexity index is 1250. The first-order chi connectivity index (χ1) is 16.0. The largest absolute Gasteiger partial charge is 0.459 e. The molecule has 1 atom stereocenters. The van der Waals surface area contributed by atoms with Crippen LogP contribution in [0.3, 0.4) is 0 Å². The van der Waals surface area contributed by atoms with Gasteiger partial charge in [0.1, 0.15) is 5.25 Å². The molecule has 0 saturated carbocycles. The first-order valence-corrected chi connectivity index (χ1v) is 11.6. The third-order valence-electron chi connectivity index (χ3n) is 4.64. The molecule has 1 unspecified atom stereocenters. The van der Waals surface area contributed by atoms with E-state index in [-0.39, 0.29) is 17.6 Å². The van der Waals surface area contributed by atoms with Crippen LogP contribution in [0.25, 0.3) is 0 Å². The average Bonchev–Trinajstić information content (AvgIpc) is 3.36. The monoisotopic (exact) mass is 496 g/mol. The summed E-state index contributed by atoms with van der Waals surface area (Å²) < 4.78 is 5.11. The molecule has 5 nitrogen and oxygen atoms in total. The Morgan fingerprint density at radius 1 is 0.848 bits per heavy atom. The minimum atomic E-state index is -0.526. The van der Waals surface area contributed by atoms with E-state index in [4.69, 9.17) is 27.6 Å². The summed E-state index contributed by atoms with van der Waals surface area (Å²) in [5.41, 5.74) is 1.96. The van der Waals surface area contributed by atoms with E-state index in [0.29, 0.717) is 21.4 Å². The van der Waals surface area contributed by atoms with Gasteiger partial charge >= 0.3 is 0 Å². The van der Waals surface area contributed by atoms with Gasteiger partial charge in [0.15, 0.2) is 5.76 Å². The summed E-state index contributed by atoms with van der Waals surface area (Å²) in [4.78, 5) is 26.2. The van der Waals surface area contributed by atoms with Crippen LogP contribution in [0, 0.1) is 0 Å². The standard InChI is InChI=1S/C25H18Cl2N2O3S/c26-17-8-13-21(20(27)15-17)29-25(31)23(16-5-2-1-3-6-16)33-19-11-9-18(10-12-19)28-24(30)22-7-4-14-32-22/h1-15,23H,(H,28,30)(H,29,31). The van der Waals surface area contributed by atoms with E-state index in [9.17, 15) is 9.59 Å². The molecule has 166 valence electrons. The van der Waals surface area contributed by atoms with Crippen molar-refractivity contribution in [1.29, 1.82) is 0 Å². The summed E-state index contributed by atoms with van der Waals surface area (Å²) >= 11 is 13.6. The van der Waals surface area contributed by atoms with Crippen molar-refractivity contribution in [3.63, 3.8) is 0 Å². The fraction of sp³-hybridized carbons (Fsp3) is 0.0400. The molecule has 2 amide bonds. The maximum Gasteiger partial charge on any atom is 0.291 e. The Morgan fingerprint density at radius 2 is 1.61 bits per heavy atom. The average molecular weight is 497 g/mol. The second kappa shape index (κ2) is 10.6. The minimum Gasteiger partial charge on any atom is -0.459 e.